The molecule has 0 unspecified atom stereocenters. The van der Waals surface area contributed by atoms with E-state index in [1.54, 1.807) is 19.9 Å². The minimum atomic E-state index is -3.05. The first-order valence-corrected chi connectivity index (χ1v) is 8.77. The molecule has 1 aromatic rings. The fourth-order valence-corrected chi connectivity index (χ4v) is 4.55. The van der Waals surface area contributed by atoms with E-state index in [1.807, 2.05) is 25.1 Å². The van der Waals surface area contributed by atoms with Crippen molar-refractivity contribution < 1.29 is 17.9 Å². The Kier molecular flexibility index (Phi) is 4.27. The molecular formula is C15H21NO4S. The van der Waals surface area contributed by atoms with E-state index in [1.165, 1.54) is 0 Å². The zero-order valence-corrected chi connectivity index (χ0v) is 13.4. The van der Waals surface area contributed by atoms with Gasteiger partial charge in [0.15, 0.2) is 15.9 Å². The van der Waals surface area contributed by atoms with Crippen molar-refractivity contribution in [1.29, 1.82) is 0 Å². The smallest absolute Gasteiger partial charge is 0.261 e. The molecule has 1 heterocycles. The highest BCUT2D eigenvalue weighted by Crippen LogP contribution is 2.23. The molecule has 1 fully saturated rings. The lowest BCUT2D eigenvalue weighted by Crippen LogP contribution is -2.51. The summed E-state index contributed by atoms with van der Waals surface area (Å²) in [6.07, 6.45) is -0.231. The quantitative estimate of drug-likeness (QED) is 0.913. The van der Waals surface area contributed by atoms with E-state index in [9.17, 15) is 13.2 Å². The molecule has 1 saturated heterocycles. The highest BCUT2D eigenvalue weighted by molar-refractivity contribution is 7.91. The summed E-state index contributed by atoms with van der Waals surface area (Å²) < 4.78 is 28.7. The first-order valence-electron chi connectivity index (χ1n) is 6.95. The number of carbonyl (C=O) groups is 1. The van der Waals surface area contributed by atoms with Crippen LogP contribution in [0.15, 0.2) is 24.3 Å². The van der Waals surface area contributed by atoms with Gasteiger partial charge in [0.25, 0.3) is 5.91 Å². The normalized spacial score (nSPS) is 25.3. The third kappa shape index (κ3) is 4.20. The number of hydrogen-bond donors (Lipinski definition) is 1. The average Bonchev–Trinajstić information content (AvgIpc) is 2.63. The van der Waals surface area contributed by atoms with Crippen molar-refractivity contribution in [3.8, 4) is 5.75 Å². The molecule has 1 aromatic carbocycles. The maximum atomic E-state index is 12.2. The molecule has 0 aliphatic carbocycles. The Morgan fingerprint density at radius 2 is 2.14 bits per heavy atom. The summed E-state index contributed by atoms with van der Waals surface area (Å²) in [6.45, 7) is 5.36. The van der Waals surface area contributed by atoms with Crippen LogP contribution < -0.4 is 10.1 Å². The van der Waals surface area contributed by atoms with Crippen LogP contribution in [0.5, 0.6) is 5.75 Å². The van der Waals surface area contributed by atoms with Crippen LogP contribution >= 0.6 is 0 Å². The lowest BCUT2D eigenvalue weighted by molar-refractivity contribution is -0.128. The SMILES string of the molecule is Cc1cccc(O[C@@H](C)C(=O)N[C@@]2(C)CCS(=O)(=O)C2)c1. The Balaban J connectivity index is 1.97. The highest BCUT2D eigenvalue weighted by Gasteiger charge is 2.40. The van der Waals surface area contributed by atoms with Gasteiger partial charge < -0.3 is 10.1 Å². The molecule has 1 amide bonds. The van der Waals surface area contributed by atoms with Crippen LogP contribution in [0.4, 0.5) is 0 Å². The van der Waals surface area contributed by atoms with E-state index < -0.39 is 21.5 Å². The van der Waals surface area contributed by atoms with Gasteiger partial charge in [-0.2, -0.15) is 0 Å². The summed E-state index contributed by atoms with van der Waals surface area (Å²) in [6, 6.07) is 7.45. The molecule has 6 heteroatoms. The summed E-state index contributed by atoms with van der Waals surface area (Å²) in [5.41, 5.74) is 0.356. The van der Waals surface area contributed by atoms with Crippen molar-refractivity contribution >= 4 is 15.7 Å². The van der Waals surface area contributed by atoms with Gasteiger partial charge >= 0.3 is 0 Å². The second-order valence-corrected chi connectivity index (χ2v) is 8.15. The molecule has 1 aliphatic heterocycles. The lowest BCUT2D eigenvalue weighted by atomic mass is 10.0. The molecule has 0 radical (unpaired) electrons. The van der Waals surface area contributed by atoms with Crippen LogP contribution in [0.25, 0.3) is 0 Å². The topological polar surface area (TPSA) is 72.5 Å². The van der Waals surface area contributed by atoms with Crippen molar-refractivity contribution in [3.05, 3.63) is 29.8 Å². The van der Waals surface area contributed by atoms with E-state index in [0.29, 0.717) is 12.2 Å². The van der Waals surface area contributed by atoms with Gasteiger partial charge in [0, 0.05) is 0 Å². The number of ether oxygens (including phenoxy) is 1. The van der Waals surface area contributed by atoms with Crippen molar-refractivity contribution in [1.82, 2.24) is 5.32 Å². The second kappa shape index (κ2) is 5.67. The van der Waals surface area contributed by atoms with Gasteiger partial charge in [0.05, 0.1) is 17.0 Å². The summed E-state index contributed by atoms with van der Waals surface area (Å²) in [4.78, 5) is 12.2. The molecule has 0 spiro atoms. The van der Waals surface area contributed by atoms with Gasteiger partial charge in [0.1, 0.15) is 5.75 Å². The van der Waals surface area contributed by atoms with Crippen molar-refractivity contribution in [2.45, 2.75) is 38.8 Å². The number of sulfone groups is 1. The number of amides is 1. The van der Waals surface area contributed by atoms with E-state index in [-0.39, 0.29) is 17.4 Å². The Bertz CT molecular complexity index is 641. The Morgan fingerprint density at radius 1 is 1.43 bits per heavy atom. The van der Waals surface area contributed by atoms with E-state index in [0.717, 1.165) is 5.56 Å². The Hall–Kier alpha value is -1.56. The molecule has 5 nitrogen and oxygen atoms in total. The van der Waals surface area contributed by atoms with Crippen LogP contribution in [-0.4, -0.2) is 37.5 Å². The zero-order chi connectivity index (χ0) is 15.7. The molecule has 1 aliphatic rings. The molecular weight excluding hydrogens is 290 g/mol. The molecule has 116 valence electrons. The summed E-state index contributed by atoms with van der Waals surface area (Å²) in [5.74, 6) is 0.442. The van der Waals surface area contributed by atoms with Gasteiger partial charge in [-0.25, -0.2) is 8.42 Å². The van der Waals surface area contributed by atoms with Crippen LogP contribution in [0.1, 0.15) is 25.8 Å². The predicted molar refractivity (Wildman–Crippen MR) is 81.1 cm³/mol. The van der Waals surface area contributed by atoms with E-state index in [2.05, 4.69) is 5.32 Å². The van der Waals surface area contributed by atoms with Gasteiger partial charge in [-0.05, 0) is 44.9 Å². The van der Waals surface area contributed by atoms with Crippen molar-refractivity contribution in [3.63, 3.8) is 0 Å². The average molecular weight is 311 g/mol. The first-order chi connectivity index (χ1) is 9.69. The molecule has 2 atom stereocenters. The minimum absolute atomic E-state index is 0.0110. The van der Waals surface area contributed by atoms with Crippen LogP contribution in [0.2, 0.25) is 0 Å². The number of benzene rings is 1. The van der Waals surface area contributed by atoms with Gasteiger partial charge in [0.2, 0.25) is 0 Å². The largest absolute Gasteiger partial charge is 0.481 e. The summed E-state index contributed by atoms with van der Waals surface area (Å²) in [7, 11) is -3.05. The van der Waals surface area contributed by atoms with E-state index in [4.69, 9.17) is 4.74 Å². The zero-order valence-electron chi connectivity index (χ0n) is 12.5. The second-order valence-electron chi connectivity index (χ2n) is 5.97. The minimum Gasteiger partial charge on any atom is -0.481 e. The fourth-order valence-electron chi connectivity index (χ4n) is 2.45. The Labute approximate surface area is 125 Å². The lowest BCUT2D eigenvalue weighted by Gasteiger charge is -2.26. The van der Waals surface area contributed by atoms with Crippen molar-refractivity contribution in [2.75, 3.05) is 11.5 Å². The third-order valence-electron chi connectivity index (χ3n) is 3.60. The molecule has 21 heavy (non-hydrogen) atoms. The third-order valence-corrected chi connectivity index (χ3v) is 5.50. The number of nitrogens with one attached hydrogen (secondary N) is 1. The standard InChI is InChI=1S/C15H21NO4S/c1-11-5-4-6-13(9-11)20-12(2)14(17)16-15(3)7-8-21(18,19)10-15/h4-6,9,12H,7-8,10H2,1-3H3,(H,16,17)/t12-,15-/m0/s1. The molecule has 0 bridgehead atoms. The highest BCUT2D eigenvalue weighted by atomic mass is 32.2. The maximum Gasteiger partial charge on any atom is 0.261 e. The van der Waals surface area contributed by atoms with Gasteiger partial charge in [-0.15, -0.1) is 0 Å². The van der Waals surface area contributed by atoms with Crippen LogP contribution in [0.3, 0.4) is 0 Å². The summed E-state index contributed by atoms with van der Waals surface area (Å²) >= 11 is 0. The molecule has 0 aromatic heterocycles. The van der Waals surface area contributed by atoms with Crippen molar-refractivity contribution in [2.24, 2.45) is 0 Å². The maximum absolute atomic E-state index is 12.2. The number of hydrogen-bond acceptors (Lipinski definition) is 4. The fraction of sp³-hybridized carbons (Fsp3) is 0.533. The summed E-state index contributed by atoms with van der Waals surface area (Å²) in [5, 5.41) is 2.80. The Morgan fingerprint density at radius 3 is 2.71 bits per heavy atom. The predicted octanol–water partition coefficient (Wildman–Crippen LogP) is 1.46. The van der Waals surface area contributed by atoms with E-state index >= 15 is 0 Å². The van der Waals surface area contributed by atoms with Crippen LogP contribution in [0, 0.1) is 6.92 Å². The number of aryl methyl sites for hydroxylation is 1. The molecule has 1 N–H and O–H groups in total. The van der Waals surface area contributed by atoms with Crippen LogP contribution in [-0.2, 0) is 14.6 Å². The number of carbonyl (C=O) groups excluding carboxylic acids is 1. The monoisotopic (exact) mass is 311 g/mol. The van der Waals surface area contributed by atoms with Gasteiger partial charge in [-0.1, -0.05) is 12.1 Å². The number of rotatable bonds is 4. The first kappa shape index (κ1) is 15.8. The molecule has 0 saturated carbocycles. The van der Waals surface area contributed by atoms with Gasteiger partial charge in [-0.3, -0.25) is 4.79 Å². The molecule has 2 rings (SSSR count).